The van der Waals surface area contributed by atoms with Gasteiger partial charge in [-0.1, -0.05) is 19.1 Å². The zero-order valence-corrected chi connectivity index (χ0v) is 11.3. The van der Waals surface area contributed by atoms with Gasteiger partial charge in [0.15, 0.2) is 0 Å². The number of aryl methyl sites for hydroxylation is 1. The van der Waals surface area contributed by atoms with E-state index in [-0.39, 0.29) is 0 Å². The molecule has 0 radical (unpaired) electrons. The molecule has 100 valence electrons. The highest BCUT2D eigenvalue weighted by molar-refractivity contribution is 5.72. The summed E-state index contributed by atoms with van der Waals surface area (Å²) < 4.78 is 2.03. The van der Waals surface area contributed by atoms with Crippen LogP contribution in [0.2, 0.25) is 0 Å². The van der Waals surface area contributed by atoms with Gasteiger partial charge in [-0.05, 0) is 36.2 Å². The third-order valence-corrected chi connectivity index (χ3v) is 3.35. The number of anilines is 1. The molecule has 0 aliphatic carbocycles. The number of hydrogen-bond acceptors (Lipinski definition) is 3. The normalized spacial score (nSPS) is 10.7. The number of benzene rings is 1. The van der Waals surface area contributed by atoms with Crippen LogP contribution in [-0.2, 0) is 6.42 Å². The van der Waals surface area contributed by atoms with Gasteiger partial charge < -0.3 is 5.73 Å². The Morgan fingerprint density at radius 3 is 2.90 bits per heavy atom. The molecule has 0 aliphatic rings. The third-order valence-electron chi connectivity index (χ3n) is 3.35. The van der Waals surface area contributed by atoms with Crippen LogP contribution in [0.3, 0.4) is 0 Å². The minimum absolute atomic E-state index is 0.515. The average Bonchev–Trinajstić information content (AvgIpc) is 2.97. The van der Waals surface area contributed by atoms with Crippen LogP contribution in [0.25, 0.3) is 16.9 Å². The molecule has 0 atom stereocenters. The van der Waals surface area contributed by atoms with E-state index in [4.69, 9.17) is 5.73 Å². The number of nitrogens with zero attached hydrogens (tertiary/aromatic N) is 3. The first-order valence-electron chi connectivity index (χ1n) is 6.62. The van der Waals surface area contributed by atoms with Gasteiger partial charge in [0.2, 0.25) is 0 Å². The van der Waals surface area contributed by atoms with Crippen molar-refractivity contribution in [1.82, 2.24) is 14.5 Å². The summed E-state index contributed by atoms with van der Waals surface area (Å²) in [6, 6.07) is 12.3. The van der Waals surface area contributed by atoms with E-state index in [1.54, 1.807) is 12.5 Å². The molecule has 4 nitrogen and oxygen atoms in total. The largest absolute Gasteiger partial charge is 0.383 e. The molecule has 0 bridgehead atoms. The van der Waals surface area contributed by atoms with Crippen molar-refractivity contribution < 1.29 is 0 Å². The lowest BCUT2D eigenvalue weighted by atomic mass is 10.1. The maximum Gasteiger partial charge on any atom is 0.132 e. The van der Waals surface area contributed by atoms with Crippen molar-refractivity contribution in [2.75, 3.05) is 5.73 Å². The van der Waals surface area contributed by atoms with Crippen LogP contribution in [-0.4, -0.2) is 14.5 Å². The first-order chi connectivity index (χ1) is 9.79. The summed E-state index contributed by atoms with van der Waals surface area (Å²) in [4.78, 5) is 8.39. The number of hydrogen-bond donors (Lipinski definition) is 1. The summed E-state index contributed by atoms with van der Waals surface area (Å²) >= 11 is 0. The summed E-state index contributed by atoms with van der Waals surface area (Å²) in [7, 11) is 0. The van der Waals surface area contributed by atoms with Gasteiger partial charge in [-0.25, -0.2) is 9.97 Å². The van der Waals surface area contributed by atoms with E-state index in [1.807, 2.05) is 22.9 Å². The highest BCUT2D eigenvalue weighted by Crippen LogP contribution is 2.26. The monoisotopic (exact) mass is 264 g/mol. The van der Waals surface area contributed by atoms with Crippen LogP contribution >= 0.6 is 0 Å². The van der Waals surface area contributed by atoms with E-state index in [2.05, 4.69) is 41.2 Å². The SMILES string of the molecule is CCc1cccc(-n2cncc2-c2cccnc2N)c1. The van der Waals surface area contributed by atoms with Gasteiger partial charge in [0.25, 0.3) is 0 Å². The van der Waals surface area contributed by atoms with Crippen molar-refractivity contribution in [2.45, 2.75) is 13.3 Å². The predicted octanol–water partition coefficient (Wildman–Crippen LogP) is 3.08. The summed E-state index contributed by atoms with van der Waals surface area (Å²) in [6.45, 7) is 2.15. The standard InChI is InChI=1S/C16H16N4/c1-2-12-5-3-6-13(9-12)20-11-18-10-15(20)14-7-4-8-19-16(14)17/h3-11H,2H2,1H3,(H2,17,19). The molecule has 0 amide bonds. The first kappa shape index (κ1) is 12.4. The molecule has 0 spiro atoms. The highest BCUT2D eigenvalue weighted by atomic mass is 15.1. The average molecular weight is 264 g/mol. The number of rotatable bonds is 3. The van der Waals surface area contributed by atoms with Crippen molar-refractivity contribution in [1.29, 1.82) is 0 Å². The van der Waals surface area contributed by atoms with E-state index in [9.17, 15) is 0 Å². The van der Waals surface area contributed by atoms with E-state index >= 15 is 0 Å². The molecule has 2 heterocycles. The lowest BCUT2D eigenvalue weighted by Gasteiger charge is -2.10. The predicted molar refractivity (Wildman–Crippen MR) is 80.6 cm³/mol. The van der Waals surface area contributed by atoms with Crippen LogP contribution in [0.1, 0.15) is 12.5 Å². The van der Waals surface area contributed by atoms with E-state index in [0.717, 1.165) is 23.4 Å². The topological polar surface area (TPSA) is 56.7 Å². The second kappa shape index (κ2) is 5.17. The number of imidazole rings is 1. The zero-order valence-electron chi connectivity index (χ0n) is 11.3. The zero-order chi connectivity index (χ0) is 13.9. The lowest BCUT2D eigenvalue weighted by Crippen LogP contribution is -1.99. The Kier molecular flexibility index (Phi) is 3.21. The fraction of sp³-hybridized carbons (Fsp3) is 0.125. The Bertz CT molecular complexity index is 731. The molecule has 0 unspecified atom stereocenters. The van der Waals surface area contributed by atoms with Crippen LogP contribution in [0.5, 0.6) is 0 Å². The second-order valence-electron chi connectivity index (χ2n) is 4.61. The van der Waals surface area contributed by atoms with Gasteiger partial charge in [-0.3, -0.25) is 4.57 Å². The van der Waals surface area contributed by atoms with Gasteiger partial charge in [0.1, 0.15) is 5.82 Å². The van der Waals surface area contributed by atoms with E-state index in [0.29, 0.717) is 5.82 Å². The molecule has 0 saturated heterocycles. The minimum Gasteiger partial charge on any atom is -0.383 e. The first-order valence-corrected chi connectivity index (χ1v) is 6.62. The van der Waals surface area contributed by atoms with E-state index in [1.165, 1.54) is 5.56 Å². The maximum absolute atomic E-state index is 5.96. The van der Waals surface area contributed by atoms with Crippen molar-refractivity contribution in [3.8, 4) is 16.9 Å². The van der Waals surface area contributed by atoms with Crippen molar-refractivity contribution in [3.63, 3.8) is 0 Å². The Hall–Kier alpha value is -2.62. The third kappa shape index (κ3) is 2.16. The van der Waals surface area contributed by atoms with Crippen LogP contribution < -0.4 is 5.73 Å². The smallest absolute Gasteiger partial charge is 0.132 e. The number of aromatic nitrogens is 3. The van der Waals surface area contributed by atoms with Gasteiger partial charge >= 0.3 is 0 Å². The number of nitrogen functional groups attached to an aromatic ring is 1. The minimum atomic E-state index is 0.515. The Labute approximate surface area is 117 Å². The molecule has 0 saturated carbocycles. The molecule has 4 heteroatoms. The maximum atomic E-state index is 5.96. The van der Waals surface area contributed by atoms with Crippen molar-refractivity contribution in [3.05, 3.63) is 60.7 Å². The highest BCUT2D eigenvalue weighted by Gasteiger charge is 2.10. The van der Waals surface area contributed by atoms with E-state index < -0.39 is 0 Å². The summed E-state index contributed by atoms with van der Waals surface area (Å²) in [5.74, 6) is 0.515. The van der Waals surface area contributed by atoms with Gasteiger partial charge in [0.05, 0.1) is 18.2 Å². The fourth-order valence-corrected chi connectivity index (χ4v) is 2.26. The molecular weight excluding hydrogens is 248 g/mol. The second-order valence-corrected chi connectivity index (χ2v) is 4.61. The molecule has 1 aromatic carbocycles. The van der Waals surface area contributed by atoms with Crippen LogP contribution in [0.4, 0.5) is 5.82 Å². The molecule has 2 aromatic heterocycles. The quantitative estimate of drug-likeness (QED) is 0.791. The summed E-state index contributed by atoms with van der Waals surface area (Å²) in [6.07, 6.45) is 6.31. The molecule has 20 heavy (non-hydrogen) atoms. The van der Waals surface area contributed by atoms with Crippen molar-refractivity contribution in [2.24, 2.45) is 0 Å². The summed E-state index contributed by atoms with van der Waals surface area (Å²) in [5, 5.41) is 0. The molecule has 3 aromatic rings. The Morgan fingerprint density at radius 2 is 2.10 bits per heavy atom. The number of nitrogens with two attached hydrogens (primary N) is 1. The summed E-state index contributed by atoms with van der Waals surface area (Å²) in [5.41, 5.74) is 10.2. The molecule has 0 aliphatic heterocycles. The number of pyridine rings is 1. The Morgan fingerprint density at radius 1 is 1.20 bits per heavy atom. The Balaban J connectivity index is 2.13. The molecule has 0 fully saturated rings. The van der Waals surface area contributed by atoms with Gasteiger partial charge in [-0.2, -0.15) is 0 Å². The lowest BCUT2D eigenvalue weighted by molar-refractivity contribution is 1.04. The molecular formula is C16H16N4. The molecule has 2 N–H and O–H groups in total. The van der Waals surface area contributed by atoms with Gasteiger partial charge in [0, 0.05) is 17.4 Å². The molecule has 3 rings (SSSR count). The van der Waals surface area contributed by atoms with Gasteiger partial charge in [-0.15, -0.1) is 0 Å². The fourth-order valence-electron chi connectivity index (χ4n) is 2.26. The van der Waals surface area contributed by atoms with Crippen LogP contribution in [0.15, 0.2) is 55.1 Å². The van der Waals surface area contributed by atoms with Crippen LogP contribution in [0, 0.1) is 0 Å². The van der Waals surface area contributed by atoms with Crippen molar-refractivity contribution >= 4 is 5.82 Å².